The second-order valence-electron chi connectivity index (χ2n) is 4.14. The van der Waals surface area contributed by atoms with Crippen molar-refractivity contribution in [2.75, 3.05) is 30.8 Å². The van der Waals surface area contributed by atoms with Crippen LogP contribution >= 0.6 is 0 Å². The molecule has 4 heteroatoms. The zero-order valence-electron chi connectivity index (χ0n) is 10.8. The van der Waals surface area contributed by atoms with Gasteiger partial charge in [0.05, 0.1) is 6.54 Å². The number of likely N-dealkylation sites (N-methyl/N-ethyl adjacent to an activating group) is 1. The van der Waals surface area contributed by atoms with E-state index in [9.17, 15) is 4.79 Å². The van der Waals surface area contributed by atoms with Gasteiger partial charge in [0.25, 0.3) is 0 Å². The van der Waals surface area contributed by atoms with E-state index in [2.05, 4.69) is 12.2 Å². The van der Waals surface area contributed by atoms with Crippen molar-refractivity contribution in [2.45, 2.75) is 20.3 Å². The van der Waals surface area contributed by atoms with E-state index in [0.29, 0.717) is 6.54 Å². The molecule has 4 nitrogen and oxygen atoms in total. The zero-order chi connectivity index (χ0) is 12.8. The van der Waals surface area contributed by atoms with Crippen LogP contribution in [-0.4, -0.2) is 26.0 Å². The minimum absolute atomic E-state index is 0.0117. The first-order chi connectivity index (χ1) is 8.08. The number of nitrogens with zero attached hydrogens (tertiary/aromatic N) is 1. The summed E-state index contributed by atoms with van der Waals surface area (Å²) < 4.78 is 0. The molecule has 1 aromatic carbocycles. The summed E-state index contributed by atoms with van der Waals surface area (Å²) in [5.74, 6) is 0.0117. The molecule has 0 aliphatic heterocycles. The second kappa shape index (κ2) is 6.13. The Kier molecular flexibility index (Phi) is 4.82. The summed E-state index contributed by atoms with van der Waals surface area (Å²) in [4.78, 5) is 13.5. The Bertz CT molecular complexity index is 390. The molecule has 0 saturated carbocycles. The van der Waals surface area contributed by atoms with Gasteiger partial charge in [-0.05, 0) is 31.0 Å². The number of hydrogen-bond acceptors (Lipinski definition) is 3. The van der Waals surface area contributed by atoms with E-state index < -0.39 is 0 Å². The smallest absolute Gasteiger partial charge is 0.239 e. The predicted molar refractivity (Wildman–Crippen MR) is 72.2 cm³/mol. The summed E-state index contributed by atoms with van der Waals surface area (Å²) in [5.41, 5.74) is 8.71. The molecule has 0 radical (unpaired) electrons. The fourth-order valence-corrected chi connectivity index (χ4v) is 1.65. The maximum atomic E-state index is 11.4. The van der Waals surface area contributed by atoms with E-state index in [1.807, 2.05) is 30.0 Å². The molecule has 0 unspecified atom stereocenters. The Morgan fingerprint density at radius 2 is 2.18 bits per heavy atom. The van der Waals surface area contributed by atoms with Gasteiger partial charge in [-0.15, -0.1) is 0 Å². The van der Waals surface area contributed by atoms with Crippen molar-refractivity contribution in [3.05, 3.63) is 23.8 Å². The molecule has 1 rings (SSSR count). The van der Waals surface area contributed by atoms with Gasteiger partial charge < -0.3 is 16.0 Å². The quantitative estimate of drug-likeness (QED) is 0.761. The number of nitrogen functional groups attached to an aromatic ring is 1. The molecular formula is C13H21N3O. The van der Waals surface area contributed by atoms with Gasteiger partial charge in [-0.2, -0.15) is 0 Å². The molecule has 1 amide bonds. The molecule has 0 atom stereocenters. The van der Waals surface area contributed by atoms with Crippen molar-refractivity contribution in [1.29, 1.82) is 0 Å². The lowest BCUT2D eigenvalue weighted by Crippen LogP contribution is -2.36. The summed E-state index contributed by atoms with van der Waals surface area (Å²) in [7, 11) is 1.65. The molecular weight excluding hydrogens is 214 g/mol. The van der Waals surface area contributed by atoms with Crippen LogP contribution in [-0.2, 0) is 4.79 Å². The molecule has 0 aliphatic carbocycles. The van der Waals surface area contributed by atoms with E-state index in [4.69, 9.17) is 5.73 Å². The largest absolute Gasteiger partial charge is 0.398 e. The van der Waals surface area contributed by atoms with Gasteiger partial charge in [-0.25, -0.2) is 0 Å². The van der Waals surface area contributed by atoms with E-state index >= 15 is 0 Å². The van der Waals surface area contributed by atoms with Crippen molar-refractivity contribution in [3.8, 4) is 0 Å². The highest BCUT2D eigenvalue weighted by Gasteiger charge is 2.10. The second-order valence-corrected chi connectivity index (χ2v) is 4.14. The lowest BCUT2D eigenvalue weighted by atomic mass is 10.1. The normalized spacial score (nSPS) is 10.1. The standard InChI is InChI=1S/C13H21N3O/c1-4-7-16(9-13(17)15-3)11-6-5-10(2)12(14)8-11/h5-6,8H,4,7,9,14H2,1-3H3,(H,15,17). The van der Waals surface area contributed by atoms with E-state index in [1.54, 1.807) is 7.05 Å². The van der Waals surface area contributed by atoms with Crippen LogP contribution in [0.25, 0.3) is 0 Å². The van der Waals surface area contributed by atoms with Gasteiger partial charge >= 0.3 is 0 Å². The summed E-state index contributed by atoms with van der Waals surface area (Å²) in [6.07, 6.45) is 0.991. The summed E-state index contributed by atoms with van der Waals surface area (Å²) in [6, 6.07) is 5.91. The van der Waals surface area contributed by atoms with Crippen LogP contribution in [0.4, 0.5) is 11.4 Å². The number of carbonyl (C=O) groups is 1. The summed E-state index contributed by atoms with van der Waals surface area (Å²) >= 11 is 0. The van der Waals surface area contributed by atoms with Gasteiger partial charge in [0.2, 0.25) is 5.91 Å². The Balaban J connectivity index is 2.88. The maximum Gasteiger partial charge on any atom is 0.239 e. The van der Waals surface area contributed by atoms with Crippen LogP contribution in [0.5, 0.6) is 0 Å². The van der Waals surface area contributed by atoms with Crippen LogP contribution in [0.2, 0.25) is 0 Å². The predicted octanol–water partition coefficient (Wildman–Crippen LogP) is 1.54. The van der Waals surface area contributed by atoms with Gasteiger partial charge in [-0.3, -0.25) is 4.79 Å². The Labute approximate surface area is 103 Å². The molecule has 17 heavy (non-hydrogen) atoms. The lowest BCUT2D eigenvalue weighted by molar-refractivity contribution is -0.119. The molecule has 0 spiro atoms. The zero-order valence-corrected chi connectivity index (χ0v) is 10.8. The number of nitrogens with one attached hydrogen (secondary N) is 1. The minimum atomic E-state index is 0.0117. The summed E-state index contributed by atoms with van der Waals surface area (Å²) in [5, 5.41) is 2.64. The molecule has 0 bridgehead atoms. The van der Waals surface area contributed by atoms with Crippen molar-refractivity contribution < 1.29 is 4.79 Å². The van der Waals surface area contributed by atoms with Crippen LogP contribution < -0.4 is 16.0 Å². The van der Waals surface area contributed by atoms with E-state index in [1.165, 1.54) is 0 Å². The van der Waals surface area contributed by atoms with Crippen LogP contribution in [0.3, 0.4) is 0 Å². The summed E-state index contributed by atoms with van der Waals surface area (Å²) in [6.45, 7) is 5.28. The Morgan fingerprint density at radius 1 is 1.47 bits per heavy atom. The minimum Gasteiger partial charge on any atom is -0.398 e. The molecule has 94 valence electrons. The Hall–Kier alpha value is -1.71. The highest BCUT2D eigenvalue weighted by Crippen LogP contribution is 2.20. The monoisotopic (exact) mass is 235 g/mol. The van der Waals surface area contributed by atoms with E-state index in [0.717, 1.165) is 29.9 Å². The number of amides is 1. The molecule has 0 saturated heterocycles. The number of benzene rings is 1. The highest BCUT2D eigenvalue weighted by atomic mass is 16.1. The molecule has 0 heterocycles. The average Bonchev–Trinajstić information content (AvgIpc) is 2.32. The number of rotatable bonds is 5. The van der Waals surface area contributed by atoms with Crippen molar-refractivity contribution in [1.82, 2.24) is 5.32 Å². The highest BCUT2D eigenvalue weighted by molar-refractivity contribution is 5.81. The van der Waals surface area contributed by atoms with Crippen LogP contribution in [0.15, 0.2) is 18.2 Å². The number of carbonyl (C=O) groups excluding carboxylic acids is 1. The van der Waals surface area contributed by atoms with Crippen molar-refractivity contribution >= 4 is 17.3 Å². The number of anilines is 2. The fraction of sp³-hybridized carbons (Fsp3) is 0.462. The van der Waals surface area contributed by atoms with Gasteiger partial charge in [0, 0.05) is 25.0 Å². The first-order valence-corrected chi connectivity index (χ1v) is 5.90. The van der Waals surface area contributed by atoms with E-state index in [-0.39, 0.29) is 5.91 Å². The third-order valence-electron chi connectivity index (χ3n) is 2.73. The average molecular weight is 235 g/mol. The third kappa shape index (κ3) is 3.66. The topological polar surface area (TPSA) is 58.4 Å². The maximum absolute atomic E-state index is 11.4. The fourth-order valence-electron chi connectivity index (χ4n) is 1.65. The van der Waals surface area contributed by atoms with Crippen LogP contribution in [0, 0.1) is 6.92 Å². The van der Waals surface area contributed by atoms with Gasteiger partial charge in [-0.1, -0.05) is 13.0 Å². The SMILES string of the molecule is CCCN(CC(=O)NC)c1ccc(C)c(N)c1. The first-order valence-electron chi connectivity index (χ1n) is 5.90. The molecule has 0 fully saturated rings. The third-order valence-corrected chi connectivity index (χ3v) is 2.73. The van der Waals surface area contributed by atoms with Crippen molar-refractivity contribution in [3.63, 3.8) is 0 Å². The first kappa shape index (κ1) is 13.4. The Morgan fingerprint density at radius 3 is 2.71 bits per heavy atom. The number of hydrogen-bond donors (Lipinski definition) is 2. The van der Waals surface area contributed by atoms with Crippen LogP contribution in [0.1, 0.15) is 18.9 Å². The number of nitrogens with two attached hydrogens (primary N) is 1. The van der Waals surface area contributed by atoms with Crippen molar-refractivity contribution in [2.24, 2.45) is 0 Å². The number of aryl methyl sites for hydroxylation is 1. The lowest BCUT2D eigenvalue weighted by Gasteiger charge is -2.24. The molecule has 1 aromatic rings. The molecule has 3 N–H and O–H groups in total. The van der Waals surface area contributed by atoms with Gasteiger partial charge in [0.15, 0.2) is 0 Å². The molecule has 0 aliphatic rings. The molecule has 0 aromatic heterocycles. The van der Waals surface area contributed by atoms with Gasteiger partial charge in [0.1, 0.15) is 0 Å².